The van der Waals surface area contributed by atoms with Gasteiger partial charge in [0.15, 0.2) is 11.5 Å². The Morgan fingerprint density at radius 2 is 1.82 bits per heavy atom. The van der Waals surface area contributed by atoms with E-state index in [4.69, 9.17) is 19.5 Å². The molecule has 1 saturated carbocycles. The summed E-state index contributed by atoms with van der Waals surface area (Å²) in [5, 5.41) is 12.0. The molecule has 0 saturated heterocycles. The van der Waals surface area contributed by atoms with Gasteiger partial charge in [0.2, 0.25) is 11.7 Å². The van der Waals surface area contributed by atoms with Crippen LogP contribution in [-0.4, -0.2) is 32.8 Å². The molecule has 1 N–H and O–H groups in total. The number of carbonyl (C=O) groups is 1. The van der Waals surface area contributed by atoms with Crippen LogP contribution in [0, 0.1) is 11.3 Å². The SMILES string of the molecule is COc1cc(CC(=O)NC2(C#N)CCC2)cc(OC)c1OC. The molecule has 1 aromatic carbocycles. The van der Waals surface area contributed by atoms with Gasteiger partial charge in [-0.3, -0.25) is 4.79 Å². The van der Waals surface area contributed by atoms with Crippen LogP contribution < -0.4 is 19.5 Å². The number of benzene rings is 1. The summed E-state index contributed by atoms with van der Waals surface area (Å²) in [4.78, 5) is 12.2. The fraction of sp³-hybridized carbons (Fsp3) is 0.500. The summed E-state index contributed by atoms with van der Waals surface area (Å²) in [5.74, 6) is 1.31. The number of hydrogen-bond donors (Lipinski definition) is 1. The molecule has 0 spiro atoms. The molecule has 1 fully saturated rings. The third-order valence-corrected chi connectivity index (χ3v) is 3.89. The average Bonchev–Trinajstić information content (AvgIpc) is 2.49. The maximum Gasteiger partial charge on any atom is 0.225 e. The van der Waals surface area contributed by atoms with E-state index in [9.17, 15) is 4.79 Å². The number of nitrogens with one attached hydrogen (secondary N) is 1. The van der Waals surface area contributed by atoms with Crippen molar-refractivity contribution in [1.82, 2.24) is 5.32 Å². The first kappa shape index (κ1) is 16.0. The number of hydrogen-bond acceptors (Lipinski definition) is 5. The van der Waals surface area contributed by atoms with Crippen LogP contribution in [0.15, 0.2) is 12.1 Å². The van der Waals surface area contributed by atoms with Gasteiger partial charge in [0.1, 0.15) is 5.54 Å². The van der Waals surface area contributed by atoms with Gasteiger partial charge in [-0.1, -0.05) is 0 Å². The lowest BCUT2D eigenvalue weighted by Gasteiger charge is -2.35. The first-order valence-corrected chi connectivity index (χ1v) is 7.08. The third kappa shape index (κ3) is 3.08. The second-order valence-electron chi connectivity index (χ2n) is 5.31. The Balaban J connectivity index is 2.15. The van der Waals surface area contributed by atoms with E-state index in [1.807, 2.05) is 0 Å². The highest BCUT2D eigenvalue weighted by Crippen LogP contribution is 2.38. The Morgan fingerprint density at radius 1 is 1.23 bits per heavy atom. The van der Waals surface area contributed by atoms with Gasteiger partial charge in [0.05, 0.1) is 33.8 Å². The van der Waals surface area contributed by atoms with Crippen LogP contribution in [-0.2, 0) is 11.2 Å². The Hall–Kier alpha value is -2.42. The highest BCUT2D eigenvalue weighted by molar-refractivity contribution is 5.80. The molecule has 0 bridgehead atoms. The molecule has 0 heterocycles. The summed E-state index contributed by atoms with van der Waals surface area (Å²) < 4.78 is 15.8. The molecular weight excluding hydrogens is 284 g/mol. The second kappa shape index (κ2) is 6.56. The Labute approximate surface area is 130 Å². The minimum absolute atomic E-state index is 0.153. The van der Waals surface area contributed by atoms with Crippen molar-refractivity contribution >= 4 is 5.91 Å². The number of ether oxygens (including phenoxy) is 3. The Bertz CT molecular complexity index is 578. The van der Waals surface area contributed by atoms with Crippen molar-refractivity contribution in [2.45, 2.75) is 31.2 Å². The summed E-state index contributed by atoms with van der Waals surface area (Å²) >= 11 is 0. The fourth-order valence-corrected chi connectivity index (χ4v) is 2.53. The maximum absolute atomic E-state index is 12.2. The van der Waals surface area contributed by atoms with Crippen LogP contribution in [0.5, 0.6) is 17.2 Å². The first-order chi connectivity index (χ1) is 10.6. The molecule has 0 aliphatic heterocycles. The van der Waals surface area contributed by atoms with Crippen molar-refractivity contribution in [3.8, 4) is 23.3 Å². The average molecular weight is 304 g/mol. The van der Waals surface area contributed by atoms with E-state index in [0.29, 0.717) is 30.1 Å². The van der Waals surface area contributed by atoms with Crippen LogP contribution in [0.1, 0.15) is 24.8 Å². The number of amides is 1. The third-order valence-electron chi connectivity index (χ3n) is 3.89. The van der Waals surface area contributed by atoms with Crippen molar-refractivity contribution in [3.05, 3.63) is 17.7 Å². The van der Waals surface area contributed by atoms with E-state index in [1.165, 1.54) is 21.3 Å². The molecule has 6 heteroatoms. The zero-order valence-corrected chi connectivity index (χ0v) is 13.1. The molecule has 118 valence electrons. The van der Waals surface area contributed by atoms with Crippen LogP contribution in [0.25, 0.3) is 0 Å². The topological polar surface area (TPSA) is 80.6 Å². The van der Waals surface area contributed by atoms with E-state index in [0.717, 1.165) is 12.0 Å². The molecule has 0 atom stereocenters. The smallest absolute Gasteiger partial charge is 0.225 e. The lowest BCUT2D eigenvalue weighted by atomic mass is 9.78. The molecule has 1 aliphatic carbocycles. The Kier molecular flexibility index (Phi) is 4.76. The van der Waals surface area contributed by atoms with Gasteiger partial charge in [0.25, 0.3) is 0 Å². The van der Waals surface area contributed by atoms with Crippen LogP contribution >= 0.6 is 0 Å². The highest BCUT2D eigenvalue weighted by atomic mass is 16.5. The summed E-state index contributed by atoms with van der Waals surface area (Å²) in [6.07, 6.45) is 2.55. The summed E-state index contributed by atoms with van der Waals surface area (Å²) in [7, 11) is 4.58. The number of carbonyl (C=O) groups excluding carboxylic acids is 1. The van der Waals surface area contributed by atoms with Crippen LogP contribution in [0.2, 0.25) is 0 Å². The van der Waals surface area contributed by atoms with Crippen molar-refractivity contribution < 1.29 is 19.0 Å². The molecule has 1 aliphatic rings. The lowest BCUT2D eigenvalue weighted by molar-refractivity contribution is -0.122. The normalized spacial score (nSPS) is 15.2. The van der Waals surface area contributed by atoms with E-state index >= 15 is 0 Å². The zero-order valence-electron chi connectivity index (χ0n) is 13.1. The van der Waals surface area contributed by atoms with E-state index in [-0.39, 0.29) is 12.3 Å². The summed E-state index contributed by atoms with van der Waals surface area (Å²) in [6, 6.07) is 5.67. The molecule has 1 aromatic rings. The number of nitrogens with zero attached hydrogens (tertiary/aromatic N) is 1. The van der Waals surface area contributed by atoms with Gasteiger partial charge in [-0.25, -0.2) is 0 Å². The minimum Gasteiger partial charge on any atom is -0.493 e. The minimum atomic E-state index is -0.683. The van der Waals surface area contributed by atoms with Gasteiger partial charge >= 0.3 is 0 Å². The zero-order chi connectivity index (χ0) is 16.2. The quantitative estimate of drug-likeness (QED) is 0.867. The monoisotopic (exact) mass is 304 g/mol. The first-order valence-electron chi connectivity index (χ1n) is 7.08. The predicted octanol–water partition coefficient (Wildman–Crippen LogP) is 1.82. The lowest BCUT2D eigenvalue weighted by Crippen LogP contribution is -2.52. The van der Waals surface area contributed by atoms with Gasteiger partial charge in [-0.15, -0.1) is 0 Å². The van der Waals surface area contributed by atoms with Gasteiger partial charge in [0, 0.05) is 0 Å². The van der Waals surface area contributed by atoms with Crippen molar-refractivity contribution in [3.63, 3.8) is 0 Å². The standard InChI is InChI=1S/C16H20N2O4/c1-20-12-7-11(8-13(21-2)15(12)22-3)9-14(19)18-16(10-17)5-4-6-16/h7-8H,4-6,9H2,1-3H3,(H,18,19). The van der Waals surface area contributed by atoms with E-state index in [1.54, 1.807) is 12.1 Å². The largest absolute Gasteiger partial charge is 0.493 e. The molecule has 0 radical (unpaired) electrons. The molecule has 0 unspecified atom stereocenters. The van der Waals surface area contributed by atoms with Gasteiger partial charge in [-0.05, 0) is 37.0 Å². The van der Waals surface area contributed by atoms with Crippen LogP contribution in [0.3, 0.4) is 0 Å². The molecule has 6 nitrogen and oxygen atoms in total. The molecular formula is C16H20N2O4. The van der Waals surface area contributed by atoms with Crippen molar-refractivity contribution in [2.75, 3.05) is 21.3 Å². The number of nitriles is 1. The summed E-state index contributed by atoms with van der Waals surface area (Å²) in [5.41, 5.74) is 0.0528. The molecule has 0 aromatic heterocycles. The second-order valence-corrected chi connectivity index (χ2v) is 5.31. The van der Waals surface area contributed by atoms with Crippen molar-refractivity contribution in [2.24, 2.45) is 0 Å². The fourth-order valence-electron chi connectivity index (χ4n) is 2.53. The van der Waals surface area contributed by atoms with Crippen LogP contribution in [0.4, 0.5) is 0 Å². The Morgan fingerprint density at radius 3 is 2.18 bits per heavy atom. The highest BCUT2D eigenvalue weighted by Gasteiger charge is 2.38. The van der Waals surface area contributed by atoms with E-state index < -0.39 is 5.54 Å². The van der Waals surface area contributed by atoms with Gasteiger partial charge < -0.3 is 19.5 Å². The number of rotatable bonds is 6. The summed E-state index contributed by atoms with van der Waals surface area (Å²) in [6.45, 7) is 0. The predicted molar refractivity (Wildman–Crippen MR) is 80.1 cm³/mol. The van der Waals surface area contributed by atoms with E-state index in [2.05, 4.69) is 11.4 Å². The number of methoxy groups -OCH3 is 3. The molecule has 1 amide bonds. The molecule has 22 heavy (non-hydrogen) atoms. The van der Waals surface area contributed by atoms with Crippen molar-refractivity contribution in [1.29, 1.82) is 5.26 Å². The van der Waals surface area contributed by atoms with Gasteiger partial charge in [-0.2, -0.15) is 5.26 Å². The molecule has 2 rings (SSSR count). The maximum atomic E-state index is 12.2.